The van der Waals surface area contributed by atoms with Gasteiger partial charge in [0.05, 0.1) is 12.9 Å². The molecule has 2 aromatic heterocycles. The summed E-state index contributed by atoms with van der Waals surface area (Å²) in [5.74, 6) is 0.590. The molecule has 0 aliphatic carbocycles. The fourth-order valence-electron chi connectivity index (χ4n) is 3.24. The van der Waals surface area contributed by atoms with Gasteiger partial charge < -0.3 is 23.7 Å². The third-order valence-corrected chi connectivity index (χ3v) is 4.98. The molecule has 8 nitrogen and oxygen atoms in total. The van der Waals surface area contributed by atoms with Crippen molar-refractivity contribution in [2.45, 2.75) is 52.1 Å². The number of nitrogens with zero attached hydrogens (tertiary/aromatic N) is 2. The van der Waals surface area contributed by atoms with E-state index < -0.39 is 5.97 Å². The van der Waals surface area contributed by atoms with Crippen LogP contribution in [-0.4, -0.2) is 39.7 Å². The Hall–Kier alpha value is -3.55. The minimum absolute atomic E-state index is 0.0738. The van der Waals surface area contributed by atoms with Gasteiger partial charge in [0.2, 0.25) is 5.76 Å². The number of ether oxygens (including phenoxy) is 1. The summed E-state index contributed by atoms with van der Waals surface area (Å²) in [5.41, 5.74) is 1.09. The lowest BCUT2D eigenvalue weighted by Gasteiger charge is -2.26. The molecule has 0 unspecified atom stereocenters. The molecule has 0 aliphatic rings. The standard InChI is InChI=1S/C24H28N2O6/c1-17(2)26(24(29)19-15-22(32-25-19)21-11-8-14-31-21)16-18-9-5-6-10-20(18)30-13-7-3-4-12-23(27)28/h5-6,8-11,14-15,17H,3-4,7,12-13,16H2,1-2H3,(H,27,28). The Morgan fingerprint density at radius 3 is 2.62 bits per heavy atom. The van der Waals surface area contributed by atoms with Gasteiger partial charge in [-0.15, -0.1) is 0 Å². The Morgan fingerprint density at radius 1 is 1.09 bits per heavy atom. The number of hydrogen-bond acceptors (Lipinski definition) is 6. The first-order chi connectivity index (χ1) is 15.5. The Kier molecular flexibility index (Phi) is 8.08. The van der Waals surface area contributed by atoms with Crippen LogP contribution in [0.15, 0.2) is 57.7 Å². The highest BCUT2D eigenvalue weighted by Crippen LogP contribution is 2.25. The van der Waals surface area contributed by atoms with Crippen molar-refractivity contribution >= 4 is 11.9 Å². The van der Waals surface area contributed by atoms with E-state index in [0.717, 1.165) is 18.4 Å². The number of hydrogen-bond donors (Lipinski definition) is 1. The van der Waals surface area contributed by atoms with Gasteiger partial charge >= 0.3 is 5.97 Å². The van der Waals surface area contributed by atoms with Crippen molar-refractivity contribution < 1.29 is 28.4 Å². The number of carboxylic acids is 1. The quantitative estimate of drug-likeness (QED) is 0.395. The van der Waals surface area contributed by atoms with Crippen LogP contribution < -0.4 is 4.74 Å². The first-order valence-corrected chi connectivity index (χ1v) is 10.7. The molecule has 2 heterocycles. The number of amides is 1. The van der Waals surface area contributed by atoms with Crippen LogP contribution in [0.4, 0.5) is 0 Å². The van der Waals surface area contributed by atoms with Crippen molar-refractivity contribution in [1.29, 1.82) is 0 Å². The molecule has 0 spiro atoms. The molecule has 0 bridgehead atoms. The van der Waals surface area contributed by atoms with E-state index in [9.17, 15) is 9.59 Å². The highest BCUT2D eigenvalue weighted by Gasteiger charge is 2.24. The van der Waals surface area contributed by atoms with E-state index in [1.54, 1.807) is 23.1 Å². The summed E-state index contributed by atoms with van der Waals surface area (Å²) in [6, 6.07) is 12.6. The summed E-state index contributed by atoms with van der Waals surface area (Å²) in [6.45, 7) is 4.73. The van der Waals surface area contributed by atoms with E-state index in [0.29, 0.717) is 36.8 Å². The summed E-state index contributed by atoms with van der Waals surface area (Å²) in [4.78, 5) is 25.5. The molecule has 3 aromatic rings. The van der Waals surface area contributed by atoms with Crippen LogP contribution >= 0.6 is 0 Å². The Morgan fingerprint density at radius 2 is 1.91 bits per heavy atom. The van der Waals surface area contributed by atoms with Gasteiger partial charge in [0, 0.05) is 30.6 Å². The zero-order valence-corrected chi connectivity index (χ0v) is 18.3. The largest absolute Gasteiger partial charge is 0.493 e. The van der Waals surface area contributed by atoms with Crippen LogP contribution in [0, 0.1) is 0 Å². The number of benzene rings is 1. The van der Waals surface area contributed by atoms with E-state index in [-0.39, 0.29) is 24.1 Å². The molecule has 0 saturated carbocycles. The molecule has 1 N–H and O–H groups in total. The second-order valence-electron chi connectivity index (χ2n) is 7.74. The molecule has 0 fully saturated rings. The highest BCUT2D eigenvalue weighted by atomic mass is 16.5. The third-order valence-electron chi connectivity index (χ3n) is 4.98. The molecule has 0 radical (unpaired) electrons. The number of carboxylic acid groups (broad SMARTS) is 1. The fraction of sp³-hybridized carbons (Fsp3) is 0.375. The van der Waals surface area contributed by atoms with Gasteiger partial charge in [-0.1, -0.05) is 23.4 Å². The van der Waals surface area contributed by atoms with E-state index in [4.69, 9.17) is 18.8 Å². The van der Waals surface area contributed by atoms with Gasteiger partial charge in [0.15, 0.2) is 11.5 Å². The molecule has 3 rings (SSSR count). The Labute approximate surface area is 186 Å². The predicted molar refractivity (Wildman–Crippen MR) is 117 cm³/mol. The van der Waals surface area contributed by atoms with Gasteiger partial charge in [-0.25, -0.2) is 0 Å². The molecule has 0 aliphatic heterocycles. The molecular weight excluding hydrogens is 412 g/mol. The van der Waals surface area contributed by atoms with Crippen molar-refractivity contribution in [2.75, 3.05) is 6.61 Å². The van der Waals surface area contributed by atoms with Gasteiger partial charge in [-0.3, -0.25) is 9.59 Å². The van der Waals surface area contributed by atoms with Crippen LogP contribution in [0.3, 0.4) is 0 Å². The maximum absolute atomic E-state index is 13.2. The molecule has 0 atom stereocenters. The predicted octanol–water partition coefficient (Wildman–Crippen LogP) is 5.01. The van der Waals surface area contributed by atoms with Crippen LogP contribution in [0.5, 0.6) is 5.75 Å². The number of rotatable bonds is 12. The highest BCUT2D eigenvalue weighted by molar-refractivity contribution is 5.93. The molecule has 0 saturated heterocycles. The van der Waals surface area contributed by atoms with E-state index in [2.05, 4.69) is 5.16 Å². The van der Waals surface area contributed by atoms with Crippen molar-refractivity contribution in [3.63, 3.8) is 0 Å². The lowest BCUT2D eigenvalue weighted by molar-refractivity contribution is -0.137. The van der Waals surface area contributed by atoms with Gasteiger partial charge in [-0.2, -0.15) is 0 Å². The normalized spacial score (nSPS) is 11.0. The van der Waals surface area contributed by atoms with Gasteiger partial charge in [-0.05, 0) is 51.3 Å². The van der Waals surface area contributed by atoms with Gasteiger partial charge in [0.1, 0.15) is 5.75 Å². The second-order valence-corrected chi connectivity index (χ2v) is 7.74. The van der Waals surface area contributed by atoms with Crippen molar-refractivity contribution in [3.8, 4) is 17.3 Å². The summed E-state index contributed by atoms with van der Waals surface area (Å²) in [6.07, 6.45) is 3.89. The number of carbonyl (C=O) groups excluding carboxylic acids is 1. The third kappa shape index (κ3) is 6.23. The number of unbranched alkanes of at least 4 members (excludes halogenated alkanes) is 2. The van der Waals surface area contributed by atoms with Crippen molar-refractivity contribution in [3.05, 3.63) is 60.0 Å². The second kappa shape index (κ2) is 11.2. The molecule has 1 aromatic carbocycles. The van der Waals surface area contributed by atoms with Gasteiger partial charge in [0.25, 0.3) is 5.91 Å². The summed E-state index contributed by atoms with van der Waals surface area (Å²) >= 11 is 0. The summed E-state index contributed by atoms with van der Waals surface area (Å²) in [7, 11) is 0. The number of furan rings is 1. The van der Waals surface area contributed by atoms with E-state index >= 15 is 0 Å². The molecule has 8 heteroatoms. The first-order valence-electron chi connectivity index (χ1n) is 10.7. The van der Waals surface area contributed by atoms with Crippen LogP contribution in [0.2, 0.25) is 0 Å². The fourth-order valence-corrected chi connectivity index (χ4v) is 3.24. The van der Waals surface area contributed by atoms with E-state index in [1.165, 1.54) is 6.26 Å². The van der Waals surface area contributed by atoms with Crippen molar-refractivity contribution in [1.82, 2.24) is 10.1 Å². The minimum atomic E-state index is -0.780. The summed E-state index contributed by atoms with van der Waals surface area (Å²) < 4.78 is 16.5. The number of para-hydroxylation sites is 1. The lowest BCUT2D eigenvalue weighted by Crippen LogP contribution is -2.36. The maximum atomic E-state index is 13.2. The summed E-state index contributed by atoms with van der Waals surface area (Å²) in [5, 5.41) is 12.6. The number of aliphatic carboxylic acids is 1. The van der Waals surface area contributed by atoms with Crippen LogP contribution in [-0.2, 0) is 11.3 Å². The zero-order chi connectivity index (χ0) is 22.9. The monoisotopic (exact) mass is 440 g/mol. The Balaban J connectivity index is 1.64. The topological polar surface area (TPSA) is 106 Å². The number of carbonyl (C=O) groups is 2. The molecule has 170 valence electrons. The Bertz CT molecular complexity index is 1010. The first kappa shape index (κ1) is 23.1. The molecular formula is C24H28N2O6. The smallest absolute Gasteiger partial charge is 0.303 e. The number of aromatic nitrogens is 1. The van der Waals surface area contributed by atoms with E-state index in [1.807, 2.05) is 38.1 Å². The maximum Gasteiger partial charge on any atom is 0.303 e. The average molecular weight is 440 g/mol. The van der Waals surface area contributed by atoms with Crippen LogP contribution in [0.25, 0.3) is 11.5 Å². The average Bonchev–Trinajstić information content (AvgIpc) is 3.46. The van der Waals surface area contributed by atoms with Crippen LogP contribution in [0.1, 0.15) is 55.6 Å². The molecule has 32 heavy (non-hydrogen) atoms. The lowest BCUT2D eigenvalue weighted by atomic mass is 10.1. The molecule has 1 amide bonds. The van der Waals surface area contributed by atoms with Crippen molar-refractivity contribution in [2.24, 2.45) is 0 Å². The SMILES string of the molecule is CC(C)N(Cc1ccccc1OCCCCCC(=O)O)C(=O)c1cc(-c2ccco2)on1. The minimum Gasteiger partial charge on any atom is -0.493 e. The zero-order valence-electron chi connectivity index (χ0n) is 18.3.